The number of aromatic nitrogens is 1. The van der Waals surface area contributed by atoms with Crippen molar-refractivity contribution < 1.29 is 0 Å². The van der Waals surface area contributed by atoms with Crippen molar-refractivity contribution in [2.24, 2.45) is 0 Å². The van der Waals surface area contributed by atoms with Gasteiger partial charge in [0.2, 0.25) is 0 Å². The molecule has 0 saturated carbocycles. The van der Waals surface area contributed by atoms with Crippen molar-refractivity contribution in [2.75, 3.05) is 30.4 Å². The third-order valence-electron chi connectivity index (χ3n) is 2.58. The molecule has 1 heterocycles. The van der Waals surface area contributed by atoms with Gasteiger partial charge in [-0.3, -0.25) is 0 Å². The van der Waals surface area contributed by atoms with E-state index in [1.807, 2.05) is 17.6 Å². The van der Waals surface area contributed by atoms with Crippen LogP contribution in [0.2, 0.25) is 0 Å². The third-order valence-corrected chi connectivity index (χ3v) is 3.31. The van der Waals surface area contributed by atoms with Crippen LogP contribution in [0.4, 0.5) is 10.8 Å². The molecule has 1 aromatic heterocycles. The van der Waals surface area contributed by atoms with Gasteiger partial charge in [-0.15, -0.1) is 11.3 Å². The molecule has 0 aliphatic rings. The second kappa shape index (κ2) is 6.25. The number of thiazole rings is 1. The van der Waals surface area contributed by atoms with E-state index in [2.05, 4.69) is 46.5 Å². The van der Waals surface area contributed by atoms with Gasteiger partial charge in [0.1, 0.15) is 0 Å². The maximum Gasteiger partial charge on any atom is 0.182 e. The van der Waals surface area contributed by atoms with Gasteiger partial charge in [-0.25, -0.2) is 4.98 Å². The number of hydrogen-bond donors (Lipinski definition) is 1. The fraction of sp³-hybridized carbons (Fsp3) is 0.308. The summed E-state index contributed by atoms with van der Waals surface area (Å²) in [6.45, 7) is 2.01. The number of nitrogens with zero attached hydrogens (tertiary/aromatic N) is 2. The zero-order valence-electron chi connectivity index (χ0n) is 9.97. The van der Waals surface area contributed by atoms with Crippen molar-refractivity contribution in [2.45, 2.75) is 6.42 Å². The first-order valence-corrected chi connectivity index (χ1v) is 6.64. The predicted octanol–water partition coefficient (Wildman–Crippen LogP) is 3.08. The lowest BCUT2D eigenvalue weighted by atomic mass is 10.3. The highest BCUT2D eigenvalue weighted by Crippen LogP contribution is 2.12. The molecule has 3 nitrogen and oxygen atoms in total. The molecule has 2 aromatic rings. The first-order valence-electron chi connectivity index (χ1n) is 5.76. The van der Waals surface area contributed by atoms with E-state index in [4.69, 9.17) is 0 Å². The molecule has 0 saturated heterocycles. The van der Waals surface area contributed by atoms with Crippen LogP contribution >= 0.6 is 11.3 Å². The molecule has 1 aromatic carbocycles. The van der Waals surface area contributed by atoms with E-state index < -0.39 is 0 Å². The summed E-state index contributed by atoms with van der Waals surface area (Å²) in [4.78, 5) is 6.45. The van der Waals surface area contributed by atoms with Crippen molar-refractivity contribution in [1.29, 1.82) is 0 Å². The molecule has 0 amide bonds. The van der Waals surface area contributed by atoms with Crippen LogP contribution in [0.15, 0.2) is 41.9 Å². The first kappa shape index (κ1) is 11.9. The number of hydrogen-bond acceptors (Lipinski definition) is 4. The Bertz CT molecular complexity index is 413. The Morgan fingerprint density at radius 3 is 2.82 bits per heavy atom. The zero-order chi connectivity index (χ0) is 11.9. The molecule has 0 radical (unpaired) electrons. The molecule has 2 rings (SSSR count). The maximum absolute atomic E-state index is 4.18. The van der Waals surface area contributed by atoms with Gasteiger partial charge in [-0.05, 0) is 18.6 Å². The second-order valence-corrected chi connectivity index (χ2v) is 4.77. The maximum atomic E-state index is 4.18. The monoisotopic (exact) mass is 247 g/mol. The average molecular weight is 247 g/mol. The highest BCUT2D eigenvalue weighted by molar-refractivity contribution is 7.13. The Labute approximate surface area is 106 Å². The SMILES string of the molecule is CN(CCCNc1nccs1)c1ccccc1. The standard InChI is InChI=1S/C13H17N3S/c1-16(12-6-3-2-4-7-12)10-5-8-14-13-15-9-11-17-13/h2-4,6-7,9,11H,5,8,10H2,1H3,(H,14,15). The van der Waals surface area contributed by atoms with Gasteiger partial charge in [0.05, 0.1) is 0 Å². The van der Waals surface area contributed by atoms with Crippen molar-refractivity contribution in [3.63, 3.8) is 0 Å². The summed E-state index contributed by atoms with van der Waals surface area (Å²) < 4.78 is 0. The van der Waals surface area contributed by atoms with Crippen LogP contribution in [0.3, 0.4) is 0 Å². The fourth-order valence-corrected chi connectivity index (χ4v) is 2.19. The van der Waals surface area contributed by atoms with Crippen molar-refractivity contribution in [1.82, 2.24) is 4.98 Å². The Morgan fingerprint density at radius 1 is 1.29 bits per heavy atom. The van der Waals surface area contributed by atoms with Crippen LogP contribution in [0.1, 0.15) is 6.42 Å². The summed E-state index contributed by atoms with van der Waals surface area (Å²) in [7, 11) is 2.12. The molecule has 17 heavy (non-hydrogen) atoms. The third kappa shape index (κ3) is 3.75. The topological polar surface area (TPSA) is 28.2 Å². The summed E-state index contributed by atoms with van der Waals surface area (Å²) >= 11 is 1.64. The number of rotatable bonds is 6. The van der Waals surface area contributed by atoms with E-state index in [-0.39, 0.29) is 0 Å². The van der Waals surface area contributed by atoms with Crippen LogP contribution in [0.5, 0.6) is 0 Å². The summed E-state index contributed by atoms with van der Waals surface area (Å²) in [5, 5.41) is 6.30. The van der Waals surface area contributed by atoms with Gasteiger partial charge in [0.25, 0.3) is 0 Å². The normalized spacial score (nSPS) is 10.2. The van der Waals surface area contributed by atoms with E-state index in [1.165, 1.54) is 5.69 Å². The van der Waals surface area contributed by atoms with Crippen LogP contribution in [0.25, 0.3) is 0 Å². The second-order valence-electron chi connectivity index (χ2n) is 3.87. The number of anilines is 2. The summed E-state index contributed by atoms with van der Waals surface area (Å²) in [5.74, 6) is 0. The minimum absolute atomic E-state index is 0.963. The zero-order valence-corrected chi connectivity index (χ0v) is 10.8. The molecule has 0 bridgehead atoms. The first-order chi connectivity index (χ1) is 8.36. The highest BCUT2D eigenvalue weighted by Gasteiger charge is 1.99. The molecular weight excluding hydrogens is 230 g/mol. The molecule has 4 heteroatoms. The van der Waals surface area contributed by atoms with Crippen molar-refractivity contribution >= 4 is 22.2 Å². The average Bonchev–Trinajstić information content (AvgIpc) is 2.88. The molecule has 0 spiro atoms. The van der Waals surface area contributed by atoms with Crippen molar-refractivity contribution in [3.05, 3.63) is 41.9 Å². The lowest BCUT2D eigenvalue weighted by Gasteiger charge is -2.19. The largest absolute Gasteiger partial charge is 0.375 e. The van der Waals surface area contributed by atoms with E-state index in [1.54, 1.807) is 11.3 Å². The van der Waals surface area contributed by atoms with Gasteiger partial charge >= 0.3 is 0 Å². The molecular formula is C13H17N3S. The van der Waals surface area contributed by atoms with Gasteiger partial charge in [0.15, 0.2) is 5.13 Å². The minimum Gasteiger partial charge on any atom is -0.375 e. The Balaban J connectivity index is 1.68. The smallest absolute Gasteiger partial charge is 0.182 e. The lowest BCUT2D eigenvalue weighted by Crippen LogP contribution is -2.20. The lowest BCUT2D eigenvalue weighted by molar-refractivity contribution is 0.816. The minimum atomic E-state index is 0.963. The molecule has 90 valence electrons. The van der Waals surface area contributed by atoms with Gasteiger partial charge in [-0.2, -0.15) is 0 Å². The number of nitrogens with one attached hydrogen (secondary N) is 1. The van der Waals surface area contributed by atoms with Gasteiger partial charge in [-0.1, -0.05) is 18.2 Å². The molecule has 0 atom stereocenters. The Kier molecular flexibility index (Phi) is 4.38. The fourth-order valence-electron chi connectivity index (χ4n) is 1.63. The molecule has 1 N–H and O–H groups in total. The summed E-state index contributed by atoms with van der Waals surface area (Å²) in [6.07, 6.45) is 2.92. The van der Waals surface area contributed by atoms with E-state index >= 15 is 0 Å². The van der Waals surface area contributed by atoms with Crippen molar-refractivity contribution in [3.8, 4) is 0 Å². The molecule has 0 fully saturated rings. The number of benzene rings is 1. The molecule has 0 unspecified atom stereocenters. The summed E-state index contributed by atoms with van der Waals surface area (Å²) in [5.41, 5.74) is 1.27. The number of para-hydroxylation sites is 1. The van der Waals surface area contributed by atoms with Crippen LogP contribution in [0, 0.1) is 0 Å². The van der Waals surface area contributed by atoms with Crippen LogP contribution < -0.4 is 10.2 Å². The van der Waals surface area contributed by atoms with Gasteiger partial charge < -0.3 is 10.2 Å². The van der Waals surface area contributed by atoms with Crippen LogP contribution in [-0.2, 0) is 0 Å². The Hall–Kier alpha value is -1.55. The highest BCUT2D eigenvalue weighted by atomic mass is 32.1. The molecule has 0 aliphatic heterocycles. The quantitative estimate of drug-likeness (QED) is 0.795. The Morgan fingerprint density at radius 2 is 2.12 bits per heavy atom. The predicted molar refractivity (Wildman–Crippen MR) is 74.9 cm³/mol. The summed E-state index contributed by atoms with van der Waals surface area (Å²) in [6, 6.07) is 10.4. The molecule has 0 aliphatic carbocycles. The van der Waals surface area contributed by atoms with Gasteiger partial charge in [0, 0.05) is 37.4 Å². The van der Waals surface area contributed by atoms with E-state index in [0.717, 1.165) is 24.6 Å². The van der Waals surface area contributed by atoms with E-state index in [0.29, 0.717) is 0 Å². The van der Waals surface area contributed by atoms with Crippen LogP contribution in [-0.4, -0.2) is 25.1 Å². The van der Waals surface area contributed by atoms with E-state index in [9.17, 15) is 0 Å².